The molecule has 1 fully saturated rings. The summed E-state index contributed by atoms with van der Waals surface area (Å²) in [5.41, 5.74) is 0. The van der Waals surface area contributed by atoms with E-state index in [-0.39, 0.29) is 29.9 Å². The summed E-state index contributed by atoms with van der Waals surface area (Å²) < 4.78 is 9.43. The van der Waals surface area contributed by atoms with Gasteiger partial charge in [-0.15, -0.1) is 24.0 Å². The van der Waals surface area contributed by atoms with Gasteiger partial charge in [0.05, 0.1) is 6.26 Å². The molecule has 11 heteroatoms. The van der Waals surface area contributed by atoms with Crippen molar-refractivity contribution in [2.45, 2.75) is 13.3 Å². The lowest BCUT2D eigenvalue weighted by molar-refractivity contribution is 0.0926. The number of nitrogens with one attached hydrogen (secondary N) is 2. The van der Waals surface area contributed by atoms with E-state index in [1.807, 2.05) is 0 Å². The number of furan rings is 1. The molecule has 2 aromatic heterocycles. The number of carbonyl (C=O) groups excluding carboxylic acids is 1. The minimum absolute atomic E-state index is 0. The molecule has 1 saturated heterocycles. The van der Waals surface area contributed by atoms with Crippen LogP contribution in [0.3, 0.4) is 0 Å². The molecule has 1 aliphatic heterocycles. The quantitative estimate of drug-likeness (QED) is 0.258. The van der Waals surface area contributed by atoms with Crippen LogP contribution in [0.1, 0.15) is 23.3 Å². The van der Waals surface area contributed by atoms with E-state index in [0.717, 1.165) is 49.5 Å². The molecule has 2 aromatic rings. The van der Waals surface area contributed by atoms with Gasteiger partial charge in [-0.05, 0) is 12.1 Å². The van der Waals surface area contributed by atoms with Crippen molar-refractivity contribution in [3.63, 3.8) is 0 Å². The number of anilines is 1. The fourth-order valence-corrected chi connectivity index (χ4v) is 3.61. The van der Waals surface area contributed by atoms with Crippen LogP contribution >= 0.6 is 35.5 Å². The van der Waals surface area contributed by atoms with Crippen LogP contribution in [0, 0.1) is 0 Å². The van der Waals surface area contributed by atoms with Gasteiger partial charge in [-0.3, -0.25) is 9.79 Å². The summed E-state index contributed by atoms with van der Waals surface area (Å²) in [7, 11) is 1.77. The molecule has 28 heavy (non-hydrogen) atoms. The molecule has 0 unspecified atom stereocenters. The highest BCUT2D eigenvalue weighted by Gasteiger charge is 2.21. The Hall–Kier alpha value is -1.89. The van der Waals surface area contributed by atoms with Crippen molar-refractivity contribution in [1.29, 1.82) is 0 Å². The Morgan fingerprint density at radius 2 is 2.04 bits per heavy atom. The van der Waals surface area contributed by atoms with Crippen molar-refractivity contribution in [3.8, 4) is 0 Å². The van der Waals surface area contributed by atoms with Gasteiger partial charge in [-0.1, -0.05) is 6.92 Å². The first-order valence-electron chi connectivity index (χ1n) is 9.06. The Morgan fingerprint density at radius 3 is 2.64 bits per heavy atom. The topological polar surface area (TPSA) is 98.9 Å². The van der Waals surface area contributed by atoms with E-state index in [9.17, 15) is 4.79 Å². The van der Waals surface area contributed by atoms with Crippen LogP contribution in [0.2, 0.25) is 0 Å². The number of piperazine rings is 1. The van der Waals surface area contributed by atoms with Crippen LogP contribution in [-0.2, 0) is 6.42 Å². The first-order valence-corrected chi connectivity index (χ1v) is 9.83. The third kappa shape index (κ3) is 5.80. The average molecular weight is 519 g/mol. The predicted molar refractivity (Wildman–Crippen MR) is 121 cm³/mol. The van der Waals surface area contributed by atoms with Gasteiger partial charge in [0.2, 0.25) is 5.13 Å². The molecule has 0 radical (unpaired) electrons. The number of halogens is 1. The van der Waals surface area contributed by atoms with Crippen molar-refractivity contribution in [3.05, 3.63) is 30.0 Å². The predicted octanol–water partition coefficient (Wildman–Crippen LogP) is 1.44. The summed E-state index contributed by atoms with van der Waals surface area (Å²) in [6.45, 7) is 6.64. The maximum absolute atomic E-state index is 11.8. The summed E-state index contributed by atoms with van der Waals surface area (Å²) in [6.07, 6.45) is 2.35. The van der Waals surface area contributed by atoms with E-state index in [1.54, 1.807) is 19.2 Å². The molecule has 0 aromatic carbocycles. The van der Waals surface area contributed by atoms with Crippen molar-refractivity contribution >= 4 is 52.5 Å². The zero-order valence-corrected chi connectivity index (χ0v) is 19.2. The van der Waals surface area contributed by atoms with Gasteiger partial charge >= 0.3 is 0 Å². The molecule has 1 amide bonds. The monoisotopic (exact) mass is 519 g/mol. The third-order valence-electron chi connectivity index (χ3n) is 4.27. The Labute approximate surface area is 185 Å². The number of hydrogen-bond acceptors (Lipinski definition) is 7. The number of aryl methyl sites for hydroxylation is 1. The lowest BCUT2D eigenvalue weighted by Gasteiger charge is -2.36. The summed E-state index contributed by atoms with van der Waals surface area (Å²) in [5, 5.41) is 7.10. The molecule has 3 heterocycles. The molecule has 1 aliphatic rings. The highest BCUT2D eigenvalue weighted by Crippen LogP contribution is 2.19. The van der Waals surface area contributed by atoms with Gasteiger partial charge in [0.1, 0.15) is 5.82 Å². The minimum Gasteiger partial charge on any atom is -0.459 e. The van der Waals surface area contributed by atoms with Crippen LogP contribution < -0.4 is 15.5 Å². The number of amides is 1. The second-order valence-electron chi connectivity index (χ2n) is 6.03. The summed E-state index contributed by atoms with van der Waals surface area (Å²) in [5.74, 6) is 1.85. The summed E-state index contributed by atoms with van der Waals surface area (Å²) >= 11 is 1.47. The van der Waals surface area contributed by atoms with Crippen LogP contribution in [0.15, 0.2) is 27.8 Å². The minimum atomic E-state index is -0.214. The first-order chi connectivity index (χ1) is 13.2. The van der Waals surface area contributed by atoms with E-state index in [4.69, 9.17) is 4.42 Å². The van der Waals surface area contributed by atoms with E-state index >= 15 is 0 Å². The summed E-state index contributed by atoms with van der Waals surface area (Å²) in [4.78, 5) is 25.2. The van der Waals surface area contributed by atoms with Gasteiger partial charge < -0.3 is 24.9 Å². The Bertz CT molecular complexity index is 757. The van der Waals surface area contributed by atoms with Gasteiger partial charge in [0.15, 0.2) is 11.7 Å². The zero-order valence-electron chi connectivity index (χ0n) is 16.1. The Morgan fingerprint density at radius 1 is 1.29 bits per heavy atom. The van der Waals surface area contributed by atoms with Gasteiger partial charge in [-0.2, -0.15) is 4.37 Å². The van der Waals surface area contributed by atoms with Crippen molar-refractivity contribution in [2.75, 3.05) is 51.2 Å². The zero-order chi connectivity index (χ0) is 19.1. The summed E-state index contributed by atoms with van der Waals surface area (Å²) in [6, 6.07) is 3.34. The van der Waals surface area contributed by atoms with Gasteiger partial charge in [0, 0.05) is 64.3 Å². The number of nitrogens with zero attached hydrogens (tertiary/aromatic N) is 5. The number of rotatable bonds is 6. The molecular weight excluding hydrogens is 493 g/mol. The fourth-order valence-electron chi connectivity index (χ4n) is 2.80. The van der Waals surface area contributed by atoms with Crippen LogP contribution in [-0.4, -0.2) is 72.4 Å². The largest absolute Gasteiger partial charge is 0.459 e. The number of guanidine groups is 1. The SMILES string of the molecule is CCc1nsc(N2CCN(C(=NC)NCCNC(=O)c3ccco3)CC2)n1.I. The second kappa shape index (κ2) is 11.2. The number of aromatic nitrogens is 2. The van der Waals surface area contributed by atoms with Gasteiger partial charge in [0.25, 0.3) is 5.91 Å². The standard InChI is InChI=1S/C17H25N7O2S.HI/c1-3-14-21-17(27-22-14)24-10-8-23(9-11-24)16(18-2)20-7-6-19-15(25)13-5-4-12-26-13;/h4-5,12H,3,6-11H2,1-2H3,(H,18,20)(H,19,25);1H. The van der Waals surface area contributed by atoms with E-state index in [0.29, 0.717) is 18.8 Å². The fraction of sp³-hybridized carbons (Fsp3) is 0.529. The lowest BCUT2D eigenvalue weighted by Crippen LogP contribution is -2.53. The Kier molecular flexibility index (Phi) is 8.96. The molecule has 0 atom stereocenters. The highest BCUT2D eigenvalue weighted by atomic mass is 127. The maximum Gasteiger partial charge on any atom is 0.287 e. The molecular formula is C17H26IN7O2S. The molecule has 0 spiro atoms. The molecule has 2 N–H and O–H groups in total. The van der Waals surface area contributed by atoms with E-state index < -0.39 is 0 Å². The number of carbonyl (C=O) groups is 1. The van der Waals surface area contributed by atoms with Crippen LogP contribution in [0.5, 0.6) is 0 Å². The Balaban J connectivity index is 0.00000280. The lowest BCUT2D eigenvalue weighted by atomic mass is 10.3. The average Bonchev–Trinajstić information content (AvgIpc) is 3.40. The second-order valence-corrected chi connectivity index (χ2v) is 6.76. The normalized spacial score (nSPS) is 14.6. The molecule has 0 aliphatic carbocycles. The smallest absolute Gasteiger partial charge is 0.287 e. The van der Waals surface area contributed by atoms with Crippen molar-refractivity contribution in [2.24, 2.45) is 4.99 Å². The molecule has 0 saturated carbocycles. The van der Waals surface area contributed by atoms with Crippen molar-refractivity contribution < 1.29 is 9.21 Å². The van der Waals surface area contributed by atoms with Gasteiger partial charge in [-0.25, -0.2) is 4.98 Å². The van der Waals surface area contributed by atoms with Crippen LogP contribution in [0.25, 0.3) is 0 Å². The number of aliphatic imine (C=N–C) groups is 1. The molecule has 9 nitrogen and oxygen atoms in total. The number of hydrogen-bond donors (Lipinski definition) is 2. The van der Waals surface area contributed by atoms with Crippen molar-refractivity contribution in [1.82, 2.24) is 24.9 Å². The molecule has 0 bridgehead atoms. The van der Waals surface area contributed by atoms with Crippen LogP contribution in [0.4, 0.5) is 5.13 Å². The molecule has 154 valence electrons. The van der Waals surface area contributed by atoms with E-state index in [2.05, 4.69) is 41.7 Å². The first kappa shape index (κ1) is 22.4. The molecule has 3 rings (SSSR count). The third-order valence-corrected chi connectivity index (χ3v) is 5.09. The highest BCUT2D eigenvalue weighted by molar-refractivity contribution is 14.0. The van der Waals surface area contributed by atoms with E-state index in [1.165, 1.54) is 17.8 Å². The maximum atomic E-state index is 11.8.